The summed E-state index contributed by atoms with van der Waals surface area (Å²) in [7, 11) is 0. The largest absolute Gasteiger partial charge is 0.416 e. The predicted octanol–water partition coefficient (Wildman–Crippen LogP) is 7.75. The van der Waals surface area contributed by atoms with Gasteiger partial charge in [0, 0.05) is 11.1 Å². The van der Waals surface area contributed by atoms with Crippen LogP contribution in [0.15, 0.2) is 78.9 Å². The second-order valence-electron chi connectivity index (χ2n) is 7.98. The Bertz CT molecular complexity index is 1470. The summed E-state index contributed by atoms with van der Waals surface area (Å²) >= 11 is 0. The summed E-state index contributed by atoms with van der Waals surface area (Å²) in [5.41, 5.74) is 5.64. The molecule has 0 saturated carbocycles. The normalized spacial score (nSPS) is 11.9. The third kappa shape index (κ3) is 3.60. The smallest absolute Gasteiger partial charge is 0.244 e. The average molecular weight is 428 g/mol. The van der Waals surface area contributed by atoms with Crippen molar-refractivity contribution in [2.75, 3.05) is 0 Å². The van der Waals surface area contributed by atoms with Gasteiger partial charge in [-0.25, -0.2) is 9.97 Å². The summed E-state index contributed by atoms with van der Waals surface area (Å²) in [6.45, 7) is 4.03. The first-order valence-electron chi connectivity index (χ1n) is 10.3. The zero-order chi connectivity index (χ0) is 22.5. The average Bonchev–Trinajstić information content (AvgIpc) is 2.78. The maximum absolute atomic E-state index is 13.1. The van der Waals surface area contributed by atoms with E-state index in [1.165, 1.54) is 12.1 Å². The summed E-state index contributed by atoms with van der Waals surface area (Å²) in [5.74, 6) is 0. The second kappa shape index (κ2) is 7.45. The molecule has 0 N–H and O–H groups in total. The molecule has 0 aliphatic carbocycles. The standard InChI is InChI=1S/C27H19F3N2/c1-16-13-23-24(14-17(16)2)32-26(21-8-7-18-5-3-4-6-20(18)15-21)25(31-23)19-9-11-22(12-10-19)27(28,29)30/h3-15H,1-2H3. The number of halogens is 3. The number of alkyl halides is 3. The van der Waals surface area contributed by atoms with Gasteiger partial charge in [-0.05, 0) is 66.1 Å². The van der Waals surface area contributed by atoms with Crippen molar-refractivity contribution in [3.63, 3.8) is 0 Å². The number of aryl methyl sites for hydroxylation is 2. The molecule has 0 spiro atoms. The van der Waals surface area contributed by atoms with E-state index in [1.54, 1.807) is 0 Å². The molecule has 0 aliphatic heterocycles. The highest BCUT2D eigenvalue weighted by Crippen LogP contribution is 2.35. The number of nitrogens with zero attached hydrogens (tertiary/aromatic N) is 2. The predicted molar refractivity (Wildman–Crippen MR) is 122 cm³/mol. The van der Waals surface area contributed by atoms with Crippen molar-refractivity contribution in [3.05, 3.63) is 95.6 Å². The molecule has 1 aromatic heterocycles. The first-order valence-corrected chi connectivity index (χ1v) is 10.3. The second-order valence-corrected chi connectivity index (χ2v) is 7.98. The Morgan fingerprint density at radius 2 is 1.12 bits per heavy atom. The third-order valence-corrected chi connectivity index (χ3v) is 5.79. The summed E-state index contributed by atoms with van der Waals surface area (Å²) in [6, 6.07) is 23.1. The fourth-order valence-corrected chi connectivity index (χ4v) is 3.87. The summed E-state index contributed by atoms with van der Waals surface area (Å²) in [5, 5.41) is 2.16. The maximum atomic E-state index is 13.1. The van der Waals surface area contributed by atoms with E-state index in [0.29, 0.717) is 22.5 Å². The van der Waals surface area contributed by atoms with Crippen molar-refractivity contribution in [2.24, 2.45) is 0 Å². The molecule has 5 rings (SSSR count). The Morgan fingerprint density at radius 3 is 1.72 bits per heavy atom. The third-order valence-electron chi connectivity index (χ3n) is 5.79. The molecule has 1 heterocycles. The molecule has 0 radical (unpaired) electrons. The van der Waals surface area contributed by atoms with Crippen molar-refractivity contribution < 1.29 is 13.2 Å². The van der Waals surface area contributed by atoms with E-state index in [0.717, 1.165) is 45.1 Å². The van der Waals surface area contributed by atoms with Crippen LogP contribution in [0, 0.1) is 13.8 Å². The SMILES string of the molecule is Cc1cc2nc(-c3ccc(C(F)(F)F)cc3)c(-c3ccc4ccccc4c3)nc2cc1C. The quantitative estimate of drug-likeness (QED) is 0.287. The summed E-state index contributed by atoms with van der Waals surface area (Å²) < 4.78 is 39.2. The Morgan fingerprint density at radius 1 is 0.594 bits per heavy atom. The molecule has 158 valence electrons. The number of benzene rings is 4. The molecule has 32 heavy (non-hydrogen) atoms. The number of hydrogen-bond donors (Lipinski definition) is 0. The van der Waals surface area contributed by atoms with E-state index in [2.05, 4.69) is 0 Å². The van der Waals surface area contributed by atoms with Gasteiger partial charge in [-0.15, -0.1) is 0 Å². The molecule has 0 fully saturated rings. The van der Waals surface area contributed by atoms with Gasteiger partial charge in [0.05, 0.1) is 28.0 Å². The minimum atomic E-state index is -4.39. The number of rotatable bonds is 2. The van der Waals surface area contributed by atoms with Crippen LogP contribution in [-0.4, -0.2) is 9.97 Å². The number of hydrogen-bond acceptors (Lipinski definition) is 2. The zero-order valence-electron chi connectivity index (χ0n) is 17.5. The lowest BCUT2D eigenvalue weighted by Crippen LogP contribution is -2.04. The lowest BCUT2D eigenvalue weighted by Gasteiger charge is -2.13. The molecular weight excluding hydrogens is 409 g/mol. The first-order chi connectivity index (χ1) is 15.3. The van der Waals surface area contributed by atoms with Crippen LogP contribution in [0.25, 0.3) is 44.3 Å². The topological polar surface area (TPSA) is 25.8 Å². The van der Waals surface area contributed by atoms with Gasteiger partial charge in [-0.3, -0.25) is 0 Å². The van der Waals surface area contributed by atoms with Crippen LogP contribution in [0.1, 0.15) is 16.7 Å². The molecule has 2 nitrogen and oxygen atoms in total. The van der Waals surface area contributed by atoms with Crippen molar-refractivity contribution in [1.82, 2.24) is 9.97 Å². The lowest BCUT2D eigenvalue weighted by molar-refractivity contribution is -0.137. The van der Waals surface area contributed by atoms with Crippen molar-refractivity contribution in [3.8, 4) is 22.5 Å². The van der Waals surface area contributed by atoms with Crippen LogP contribution in [0.4, 0.5) is 13.2 Å². The number of fused-ring (bicyclic) bond motifs is 2. The highest BCUT2D eigenvalue weighted by molar-refractivity contribution is 5.92. The molecule has 0 amide bonds. The summed E-state index contributed by atoms with van der Waals surface area (Å²) in [6.07, 6.45) is -4.39. The zero-order valence-corrected chi connectivity index (χ0v) is 17.5. The van der Waals surface area contributed by atoms with Crippen LogP contribution < -0.4 is 0 Å². The van der Waals surface area contributed by atoms with Gasteiger partial charge in [0.15, 0.2) is 0 Å². The van der Waals surface area contributed by atoms with Gasteiger partial charge in [0.2, 0.25) is 0 Å². The Balaban J connectivity index is 1.76. The van der Waals surface area contributed by atoms with E-state index in [1.807, 2.05) is 68.4 Å². The Kier molecular flexibility index (Phi) is 4.70. The van der Waals surface area contributed by atoms with E-state index in [-0.39, 0.29) is 0 Å². The molecule has 5 heteroatoms. The molecule has 5 aromatic rings. The van der Waals surface area contributed by atoms with E-state index >= 15 is 0 Å². The summed E-state index contributed by atoms with van der Waals surface area (Å²) in [4.78, 5) is 9.77. The van der Waals surface area contributed by atoms with Crippen LogP contribution in [-0.2, 0) is 6.18 Å². The Hall–Kier alpha value is -3.73. The van der Waals surface area contributed by atoms with Gasteiger partial charge in [-0.1, -0.05) is 48.5 Å². The molecule has 4 aromatic carbocycles. The van der Waals surface area contributed by atoms with Crippen molar-refractivity contribution >= 4 is 21.8 Å². The van der Waals surface area contributed by atoms with Crippen LogP contribution >= 0.6 is 0 Å². The van der Waals surface area contributed by atoms with Gasteiger partial charge in [-0.2, -0.15) is 13.2 Å². The molecular formula is C27H19F3N2. The van der Waals surface area contributed by atoms with Crippen molar-refractivity contribution in [1.29, 1.82) is 0 Å². The molecule has 0 aliphatic rings. The monoisotopic (exact) mass is 428 g/mol. The highest BCUT2D eigenvalue weighted by Gasteiger charge is 2.30. The first kappa shape index (κ1) is 20.2. The minimum Gasteiger partial charge on any atom is -0.244 e. The van der Waals surface area contributed by atoms with Crippen LogP contribution in [0.2, 0.25) is 0 Å². The van der Waals surface area contributed by atoms with Gasteiger partial charge < -0.3 is 0 Å². The molecule has 0 unspecified atom stereocenters. The highest BCUT2D eigenvalue weighted by atomic mass is 19.4. The minimum absolute atomic E-state index is 0.560. The maximum Gasteiger partial charge on any atom is 0.416 e. The number of aromatic nitrogens is 2. The molecule has 0 atom stereocenters. The lowest BCUT2D eigenvalue weighted by atomic mass is 9.99. The van der Waals surface area contributed by atoms with Crippen molar-refractivity contribution in [2.45, 2.75) is 20.0 Å². The fourth-order valence-electron chi connectivity index (χ4n) is 3.87. The van der Waals surface area contributed by atoms with E-state index in [4.69, 9.17) is 9.97 Å². The van der Waals surface area contributed by atoms with E-state index in [9.17, 15) is 13.2 Å². The molecule has 0 saturated heterocycles. The molecule has 0 bridgehead atoms. The fraction of sp³-hybridized carbons (Fsp3) is 0.111. The van der Waals surface area contributed by atoms with E-state index < -0.39 is 11.7 Å². The Labute approximate surface area is 183 Å². The van der Waals surface area contributed by atoms with Crippen LogP contribution in [0.5, 0.6) is 0 Å². The van der Waals surface area contributed by atoms with Crippen LogP contribution in [0.3, 0.4) is 0 Å². The van der Waals surface area contributed by atoms with Gasteiger partial charge >= 0.3 is 6.18 Å². The van der Waals surface area contributed by atoms with Gasteiger partial charge in [0.1, 0.15) is 0 Å². The van der Waals surface area contributed by atoms with Gasteiger partial charge in [0.25, 0.3) is 0 Å².